The summed E-state index contributed by atoms with van der Waals surface area (Å²) >= 11 is 0. The fourth-order valence-corrected chi connectivity index (χ4v) is 2.72. The molecule has 0 saturated heterocycles. The van der Waals surface area contributed by atoms with Crippen LogP contribution >= 0.6 is 0 Å². The first-order chi connectivity index (χ1) is 15.7. The normalized spacial score (nSPS) is 10.5. The number of aromatic nitrogens is 3. The molecule has 0 aliphatic rings. The van der Waals surface area contributed by atoms with Gasteiger partial charge in [-0.2, -0.15) is 0 Å². The number of aryl methyl sites for hydroxylation is 1. The quantitative estimate of drug-likeness (QED) is 0.238. The SMILES string of the molecule is C=CC(=O)Oc1c(C)ccc(-n2nc3ccc(C(=O)OCCOC(=O)C(=C)C)cc3n2)c1O. The van der Waals surface area contributed by atoms with E-state index in [4.69, 9.17) is 14.2 Å². The second-order valence-corrected chi connectivity index (χ2v) is 6.95. The largest absolute Gasteiger partial charge is 0.503 e. The van der Waals surface area contributed by atoms with Crippen LogP contribution in [0.2, 0.25) is 0 Å². The molecule has 0 spiro atoms. The van der Waals surface area contributed by atoms with E-state index in [1.54, 1.807) is 25.1 Å². The van der Waals surface area contributed by atoms with E-state index in [2.05, 4.69) is 23.4 Å². The number of carbonyl (C=O) groups excluding carboxylic acids is 3. The summed E-state index contributed by atoms with van der Waals surface area (Å²) in [6.07, 6.45) is 0.983. The van der Waals surface area contributed by atoms with Gasteiger partial charge >= 0.3 is 17.9 Å². The predicted octanol–water partition coefficient (Wildman–Crippen LogP) is 2.80. The summed E-state index contributed by atoms with van der Waals surface area (Å²) in [6.45, 7) is 9.77. The number of nitrogens with zero attached hydrogens (tertiary/aromatic N) is 3. The van der Waals surface area contributed by atoms with Gasteiger partial charge in [-0.15, -0.1) is 15.0 Å². The van der Waals surface area contributed by atoms with Crippen molar-refractivity contribution in [1.29, 1.82) is 0 Å². The fourth-order valence-electron chi connectivity index (χ4n) is 2.72. The van der Waals surface area contributed by atoms with Crippen LogP contribution in [0.4, 0.5) is 0 Å². The maximum Gasteiger partial charge on any atom is 0.338 e. The molecule has 0 fully saturated rings. The van der Waals surface area contributed by atoms with Gasteiger partial charge < -0.3 is 19.3 Å². The van der Waals surface area contributed by atoms with Crippen molar-refractivity contribution in [3.63, 3.8) is 0 Å². The van der Waals surface area contributed by atoms with E-state index >= 15 is 0 Å². The summed E-state index contributed by atoms with van der Waals surface area (Å²) in [5, 5.41) is 19.2. The van der Waals surface area contributed by atoms with Crippen LogP contribution in [0.25, 0.3) is 16.7 Å². The number of ether oxygens (including phenoxy) is 3. The van der Waals surface area contributed by atoms with Crippen LogP contribution in [0.3, 0.4) is 0 Å². The van der Waals surface area contributed by atoms with Crippen LogP contribution in [-0.4, -0.2) is 51.2 Å². The number of fused-ring (bicyclic) bond motifs is 1. The van der Waals surface area contributed by atoms with Gasteiger partial charge in [0.2, 0.25) is 0 Å². The zero-order chi connectivity index (χ0) is 24.1. The van der Waals surface area contributed by atoms with E-state index in [0.717, 1.165) is 10.9 Å². The van der Waals surface area contributed by atoms with E-state index in [0.29, 0.717) is 16.6 Å². The average Bonchev–Trinajstić information content (AvgIpc) is 3.21. The van der Waals surface area contributed by atoms with Crippen LogP contribution in [0, 0.1) is 6.92 Å². The summed E-state index contributed by atoms with van der Waals surface area (Å²) < 4.78 is 15.1. The summed E-state index contributed by atoms with van der Waals surface area (Å²) in [4.78, 5) is 36.3. The molecule has 0 bridgehead atoms. The minimum atomic E-state index is -0.721. The van der Waals surface area contributed by atoms with E-state index in [1.807, 2.05) is 0 Å². The van der Waals surface area contributed by atoms with Gasteiger partial charge in [0, 0.05) is 11.6 Å². The lowest BCUT2D eigenvalue weighted by Gasteiger charge is -2.11. The number of hydrogen-bond donors (Lipinski definition) is 1. The van der Waals surface area contributed by atoms with Gasteiger partial charge in [0.25, 0.3) is 0 Å². The smallest absolute Gasteiger partial charge is 0.338 e. The Balaban J connectivity index is 1.79. The Morgan fingerprint density at radius 3 is 2.48 bits per heavy atom. The molecule has 0 aliphatic heterocycles. The fraction of sp³-hybridized carbons (Fsp3) is 0.174. The van der Waals surface area contributed by atoms with Gasteiger partial charge in [0.05, 0.1) is 5.56 Å². The molecule has 1 aromatic heterocycles. The highest BCUT2D eigenvalue weighted by Crippen LogP contribution is 2.35. The van der Waals surface area contributed by atoms with Crippen molar-refractivity contribution in [2.45, 2.75) is 13.8 Å². The number of aromatic hydroxyl groups is 1. The number of phenols is 1. The molecule has 0 aliphatic carbocycles. The highest BCUT2D eigenvalue weighted by Gasteiger charge is 2.18. The Kier molecular flexibility index (Phi) is 6.87. The average molecular weight is 451 g/mol. The third-order valence-corrected chi connectivity index (χ3v) is 4.41. The zero-order valence-corrected chi connectivity index (χ0v) is 18.0. The Labute approximate surface area is 188 Å². The van der Waals surface area contributed by atoms with Crippen LogP contribution in [-0.2, 0) is 19.1 Å². The molecular weight excluding hydrogens is 430 g/mol. The van der Waals surface area contributed by atoms with Gasteiger partial charge in [-0.25, -0.2) is 14.4 Å². The lowest BCUT2D eigenvalue weighted by Crippen LogP contribution is -2.14. The van der Waals surface area contributed by atoms with Crippen molar-refractivity contribution >= 4 is 28.9 Å². The Morgan fingerprint density at radius 2 is 1.79 bits per heavy atom. The van der Waals surface area contributed by atoms with Gasteiger partial charge in [0.1, 0.15) is 29.9 Å². The van der Waals surface area contributed by atoms with Gasteiger partial charge in [-0.1, -0.05) is 19.2 Å². The Hall–Kier alpha value is -4.47. The molecule has 10 heteroatoms. The molecule has 3 aromatic rings. The molecule has 3 rings (SSSR count). The van der Waals surface area contributed by atoms with Crippen molar-refractivity contribution in [3.05, 3.63) is 66.3 Å². The molecule has 170 valence electrons. The monoisotopic (exact) mass is 451 g/mol. The second kappa shape index (κ2) is 9.77. The van der Waals surface area contributed by atoms with Crippen molar-refractivity contribution in [2.75, 3.05) is 13.2 Å². The standard InChI is InChI=1S/C23H21N3O7/c1-5-19(27)33-21-14(4)6-9-18(20(21)28)26-24-16-8-7-15(12-17(16)25-26)23(30)32-11-10-31-22(29)13(2)3/h5-9,12,28H,1-2,10-11H2,3-4H3. The van der Waals surface area contributed by atoms with Gasteiger partial charge in [-0.3, -0.25) is 0 Å². The molecule has 1 heterocycles. The maximum atomic E-state index is 12.3. The van der Waals surface area contributed by atoms with E-state index in [9.17, 15) is 19.5 Å². The van der Waals surface area contributed by atoms with E-state index in [1.165, 1.54) is 19.1 Å². The van der Waals surface area contributed by atoms with Crippen molar-refractivity contribution in [2.24, 2.45) is 0 Å². The Bertz CT molecular complexity index is 1280. The third kappa shape index (κ3) is 5.24. The number of esters is 3. The number of hydrogen-bond acceptors (Lipinski definition) is 9. The predicted molar refractivity (Wildman–Crippen MR) is 117 cm³/mol. The van der Waals surface area contributed by atoms with Crippen LogP contribution in [0.15, 0.2) is 55.1 Å². The lowest BCUT2D eigenvalue weighted by atomic mass is 10.2. The van der Waals surface area contributed by atoms with Crippen LogP contribution in [0.5, 0.6) is 11.5 Å². The number of phenolic OH excluding ortho intramolecular Hbond substituents is 1. The zero-order valence-electron chi connectivity index (χ0n) is 18.0. The van der Waals surface area contributed by atoms with Gasteiger partial charge in [0.15, 0.2) is 11.5 Å². The van der Waals surface area contributed by atoms with Crippen LogP contribution in [0.1, 0.15) is 22.8 Å². The number of rotatable bonds is 8. The molecule has 0 radical (unpaired) electrons. The van der Waals surface area contributed by atoms with Crippen LogP contribution < -0.4 is 4.74 Å². The first-order valence-electron chi connectivity index (χ1n) is 9.75. The number of benzene rings is 2. The molecule has 0 saturated carbocycles. The van der Waals surface area contributed by atoms with Gasteiger partial charge in [-0.05, 0) is 43.7 Å². The minimum absolute atomic E-state index is 0.0321. The first-order valence-corrected chi connectivity index (χ1v) is 9.75. The summed E-state index contributed by atoms with van der Waals surface area (Å²) in [5.74, 6) is -2.27. The second-order valence-electron chi connectivity index (χ2n) is 6.95. The highest BCUT2D eigenvalue weighted by molar-refractivity contribution is 5.93. The summed E-state index contributed by atoms with van der Waals surface area (Å²) in [6, 6.07) is 7.76. The molecule has 0 atom stereocenters. The molecule has 0 unspecified atom stereocenters. The topological polar surface area (TPSA) is 130 Å². The van der Waals surface area contributed by atoms with E-state index < -0.39 is 17.9 Å². The molecular formula is C23H21N3O7. The maximum absolute atomic E-state index is 12.3. The summed E-state index contributed by atoms with van der Waals surface area (Å²) in [7, 11) is 0. The Morgan fingerprint density at radius 1 is 1.09 bits per heavy atom. The van der Waals surface area contributed by atoms with Crippen molar-refractivity contribution in [1.82, 2.24) is 15.0 Å². The number of carbonyl (C=O) groups is 3. The van der Waals surface area contributed by atoms with Crippen molar-refractivity contribution < 1.29 is 33.7 Å². The molecule has 10 nitrogen and oxygen atoms in total. The lowest BCUT2D eigenvalue weighted by molar-refractivity contribution is -0.140. The first kappa shape index (κ1) is 23.2. The molecule has 0 amide bonds. The highest BCUT2D eigenvalue weighted by atomic mass is 16.6. The molecule has 33 heavy (non-hydrogen) atoms. The minimum Gasteiger partial charge on any atom is -0.503 e. The van der Waals surface area contributed by atoms with E-state index in [-0.39, 0.29) is 41.5 Å². The molecule has 1 N–H and O–H groups in total. The summed E-state index contributed by atoms with van der Waals surface area (Å²) in [5.41, 5.74) is 1.98. The van der Waals surface area contributed by atoms with Crippen molar-refractivity contribution in [3.8, 4) is 17.2 Å². The third-order valence-electron chi connectivity index (χ3n) is 4.41. The molecule has 2 aromatic carbocycles.